The number of benzene rings is 2. The molecule has 2 rings (SSSR count). The summed E-state index contributed by atoms with van der Waals surface area (Å²) in [6, 6.07) is 13.0. The molecule has 0 aliphatic rings. The fourth-order valence-corrected chi connectivity index (χ4v) is 1.90. The lowest BCUT2D eigenvalue weighted by Gasteiger charge is -2.16. The van der Waals surface area contributed by atoms with Gasteiger partial charge in [0.05, 0.1) is 12.6 Å². The molecule has 0 radical (unpaired) electrons. The minimum Gasteiger partial charge on any atom is -0.394 e. The standard InChI is InChI=1S/C16H16FNO2/c1-11-7-8-13(9-14(11)17)16(20)18-15(10-19)12-5-3-2-4-6-12/h2-9,15,19H,10H2,1H3,(H,18,20). The molecule has 1 atom stereocenters. The van der Waals surface area contributed by atoms with Crippen molar-refractivity contribution in [3.8, 4) is 0 Å². The molecule has 0 aromatic heterocycles. The van der Waals surface area contributed by atoms with Crippen LogP contribution in [0, 0.1) is 12.7 Å². The summed E-state index contributed by atoms with van der Waals surface area (Å²) >= 11 is 0. The molecule has 2 N–H and O–H groups in total. The average Bonchev–Trinajstić information content (AvgIpc) is 2.48. The molecule has 2 aromatic carbocycles. The monoisotopic (exact) mass is 273 g/mol. The number of aryl methyl sites for hydroxylation is 1. The summed E-state index contributed by atoms with van der Waals surface area (Å²) < 4.78 is 13.5. The second-order valence-corrected chi connectivity index (χ2v) is 4.58. The number of hydrogen-bond acceptors (Lipinski definition) is 2. The number of rotatable bonds is 4. The number of halogens is 1. The van der Waals surface area contributed by atoms with Crippen molar-refractivity contribution in [3.63, 3.8) is 0 Å². The summed E-state index contributed by atoms with van der Waals surface area (Å²) in [6.45, 7) is 1.42. The second-order valence-electron chi connectivity index (χ2n) is 4.58. The van der Waals surface area contributed by atoms with Crippen LogP contribution in [0.4, 0.5) is 4.39 Å². The predicted octanol–water partition coefficient (Wildman–Crippen LogP) is 2.60. The van der Waals surface area contributed by atoms with Gasteiger partial charge in [-0.25, -0.2) is 4.39 Å². The van der Waals surface area contributed by atoms with E-state index in [2.05, 4.69) is 5.32 Å². The number of aliphatic hydroxyl groups excluding tert-OH is 1. The maximum atomic E-state index is 13.5. The molecule has 2 aromatic rings. The van der Waals surface area contributed by atoms with Crippen molar-refractivity contribution < 1.29 is 14.3 Å². The molecule has 0 spiro atoms. The molecule has 20 heavy (non-hydrogen) atoms. The summed E-state index contributed by atoms with van der Waals surface area (Å²) in [5, 5.41) is 12.1. The number of carbonyl (C=O) groups is 1. The van der Waals surface area contributed by atoms with Crippen LogP contribution in [0.5, 0.6) is 0 Å². The Morgan fingerprint density at radius 1 is 1.25 bits per heavy atom. The minimum absolute atomic E-state index is 0.218. The van der Waals surface area contributed by atoms with Gasteiger partial charge in [-0.2, -0.15) is 0 Å². The Hall–Kier alpha value is -2.20. The zero-order valence-electron chi connectivity index (χ0n) is 11.1. The van der Waals surface area contributed by atoms with Gasteiger partial charge in [-0.05, 0) is 30.2 Å². The first-order valence-corrected chi connectivity index (χ1v) is 6.34. The van der Waals surface area contributed by atoms with Gasteiger partial charge in [0.1, 0.15) is 5.82 Å². The van der Waals surface area contributed by atoms with Gasteiger partial charge in [-0.15, -0.1) is 0 Å². The molecule has 1 unspecified atom stereocenters. The largest absolute Gasteiger partial charge is 0.394 e. The van der Waals surface area contributed by atoms with Crippen LogP contribution in [0.3, 0.4) is 0 Å². The molecule has 104 valence electrons. The zero-order chi connectivity index (χ0) is 14.5. The Balaban J connectivity index is 2.15. The van der Waals surface area contributed by atoms with Crippen molar-refractivity contribution in [3.05, 3.63) is 71.0 Å². The summed E-state index contributed by atoms with van der Waals surface area (Å²) in [6.07, 6.45) is 0. The fraction of sp³-hybridized carbons (Fsp3) is 0.188. The van der Waals surface area contributed by atoms with E-state index in [1.807, 2.05) is 30.3 Å². The van der Waals surface area contributed by atoms with Crippen LogP contribution in [0.1, 0.15) is 27.5 Å². The van der Waals surface area contributed by atoms with Crippen LogP contribution < -0.4 is 5.32 Å². The van der Waals surface area contributed by atoms with Gasteiger partial charge in [0.25, 0.3) is 5.91 Å². The molecule has 1 amide bonds. The lowest BCUT2D eigenvalue weighted by Crippen LogP contribution is -2.30. The van der Waals surface area contributed by atoms with E-state index in [4.69, 9.17) is 0 Å². The maximum absolute atomic E-state index is 13.5. The molecule has 0 saturated heterocycles. The molecule has 0 aliphatic carbocycles. The molecule has 4 heteroatoms. The Bertz CT molecular complexity index is 599. The summed E-state index contributed by atoms with van der Waals surface area (Å²) in [4.78, 5) is 12.1. The molecule has 0 saturated carbocycles. The smallest absolute Gasteiger partial charge is 0.251 e. The van der Waals surface area contributed by atoms with Crippen LogP contribution in [0.2, 0.25) is 0 Å². The van der Waals surface area contributed by atoms with E-state index in [9.17, 15) is 14.3 Å². The first-order valence-electron chi connectivity index (χ1n) is 6.34. The van der Waals surface area contributed by atoms with E-state index >= 15 is 0 Å². The van der Waals surface area contributed by atoms with Crippen molar-refractivity contribution in [1.29, 1.82) is 0 Å². The molecule has 0 fully saturated rings. The first-order chi connectivity index (χ1) is 9.61. The SMILES string of the molecule is Cc1ccc(C(=O)NC(CO)c2ccccc2)cc1F. The Labute approximate surface area is 117 Å². The highest BCUT2D eigenvalue weighted by Gasteiger charge is 2.15. The maximum Gasteiger partial charge on any atom is 0.251 e. The van der Waals surface area contributed by atoms with Gasteiger partial charge in [0.2, 0.25) is 0 Å². The summed E-state index contributed by atoms with van der Waals surface area (Å²) in [7, 11) is 0. The van der Waals surface area contributed by atoms with E-state index in [1.165, 1.54) is 6.07 Å². The highest BCUT2D eigenvalue weighted by molar-refractivity contribution is 5.94. The third kappa shape index (κ3) is 3.22. The summed E-state index contributed by atoms with van der Waals surface area (Å²) in [5.41, 5.74) is 1.53. The van der Waals surface area contributed by atoms with Gasteiger partial charge in [-0.3, -0.25) is 4.79 Å². The average molecular weight is 273 g/mol. The Morgan fingerprint density at radius 3 is 2.55 bits per heavy atom. The van der Waals surface area contributed by atoms with Crippen molar-refractivity contribution in [2.24, 2.45) is 0 Å². The van der Waals surface area contributed by atoms with E-state index in [0.717, 1.165) is 5.56 Å². The van der Waals surface area contributed by atoms with E-state index < -0.39 is 17.8 Å². The van der Waals surface area contributed by atoms with Crippen molar-refractivity contribution in [1.82, 2.24) is 5.32 Å². The van der Waals surface area contributed by atoms with E-state index in [0.29, 0.717) is 5.56 Å². The van der Waals surface area contributed by atoms with Crippen molar-refractivity contribution in [2.45, 2.75) is 13.0 Å². The molecule has 3 nitrogen and oxygen atoms in total. The number of carbonyl (C=O) groups excluding carboxylic acids is 1. The summed E-state index contributed by atoms with van der Waals surface area (Å²) in [5.74, 6) is -0.829. The lowest BCUT2D eigenvalue weighted by molar-refractivity contribution is 0.0915. The molecular formula is C16H16FNO2. The number of hydrogen-bond donors (Lipinski definition) is 2. The van der Waals surface area contributed by atoms with Gasteiger partial charge in [-0.1, -0.05) is 36.4 Å². The van der Waals surface area contributed by atoms with Gasteiger partial charge in [0, 0.05) is 5.56 Å². The minimum atomic E-state index is -0.506. The van der Waals surface area contributed by atoms with Crippen LogP contribution >= 0.6 is 0 Å². The van der Waals surface area contributed by atoms with Gasteiger partial charge < -0.3 is 10.4 Å². The molecule has 0 bridgehead atoms. The topological polar surface area (TPSA) is 49.3 Å². The van der Waals surface area contributed by atoms with E-state index in [1.54, 1.807) is 19.1 Å². The number of amides is 1. The lowest BCUT2D eigenvalue weighted by atomic mass is 10.1. The molecular weight excluding hydrogens is 257 g/mol. The molecule has 0 heterocycles. The first kappa shape index (κ1) is 14.2. The number of aliphatic hydroxyl groups is 1. The van der Waals surface area contributed by atoms with Crippen LogP contribution in [0.25, 0.3) is 0 Å². The van der Waals surface area contributed by atoms with Crippen molar-refractivity contribution in [2.75, 3.05) is 6.61 Å². The Kier molecular flexibility index (Phi) is 4.48. The second kappa shape index (κ2) is 6.30. The van der Waals surface area contributed by atoms with Gasteiger partial charge >= 0.3 is 0 Å². The zero-order valence-corrected chi connectivity index (χ0v) is 11.1. The molecule has 0 aliphatic heterocycles. The highest BCUT2D eigenvalue weighted by atomic mass is 19.1. The van der Waals surface area contributed by atoms with Crippen LogP contribution in [-0.4, -0.2) is 17.6 Å². The van der Waals surface area contributed by atoms with Crippen molar-refractivity contribution >= 4 is 5.91 Å². The third-order valence-electron chi connectivity index (χ3n) is 3.12. The predicted molar refractivity (Wildman–Crippen MR) is 74.9 cm³/mol. The Morgan fingerprint density at radius 2 is 1.95 bits per heavy atom. The van der Waals surface area contributed by atoms with Gasteiger partial charge in [0.15, 0.2) is 0 Å². The quantitative estimate of drug-likeness (QED) is 0.899. The fourth-order valence-electron chi connectivity index (χ4n) is 1.90. The van der Waals surface area contributed by atoms with Crippen LogP contribution in [-0.2, 0) is 0 Å². The van der Waals surface area contributed by atoms with E-state index in [-0.39, 0.29) is 12.2 Å². The number of nitrogens with one attached hydrogen (secondary N) is 1. The normalized spacial score (nSPS) is 11.9. The third-order valence-corrected chi connectivity index (χ3v) is 3.12. The van der Waals surface area contributed by atoms with Crippen LogP contribution in [0.15, 0.2) is 48.5 Å². The highest BCUT2D eigenvalue weighted by Crippen LogP contribution is 2.14.